The topological polar surface area (TPSA) is 46.5 Å². The molecular weight excluding hydrogens is 338 g/mol. The van der Waals surface area contributed by atoms with Gasteiger partial charge in [-0.1, -0.05) is 0 Å². The van der Waals surface area contributed by atoms with Crippen LogP contribution >= 0.6 is 11.8 Å². The molecule has 0 spiro atoms. The van der Waals surface area contributed by atoms with Gasteiger partial charge in [-0.25, -0.2) is 0 Å². The van der Waals surface area contributed by atoms with Gasteiger partial charge in [0.25, 0.3) is 0 Å². The van der Waals surface area contributed by atoms with Crippen molar-refractivity contribution in [1.29, 1.82) is 0 Å². The Morgan fingerprint density at radius 2 is 1.86 bits per heavy atom. The third-order valence-electron chi connectivity index (χ3n) is 2.96. The van der Waals surface area contributed by atoms with Gasteiger partial charge in [0.2, 0.25) is 6.10 Å². The molecule has 22 heavy (non-hydrogen) atoms. The van der Waals surface area contributed by atoms with Gasteiger partial charge < -0.3 is 9.84 Å². The first-order chi connectivity index (χ1) is 9.97. The van der Waals surface area contributed by atoms with Crippen molar-refractivity contribution in [3.63, 3.8) is 0 Å². The predicted octanol–water partition coefficient (Wildman–Crippen LogP) is 3.87. The Balaban J connectivity index is 2.33. The lowest BCUT2D eigenvalue weighted by Gasteiger charge is -2.32. The number of carbonyl (C=O) groups is 1. The Morgan fingerprint density at radius 3 is 2.36 bits per heavy atom. The molecule has 1 aromatic rings. The fourth-order valence-electron chi connectivity index (χ4n) is 2.10. The van der Waals surface area contributed by atoms with Crippen LogP contribution in [0.1, 0.15) is 5.56 Å². The van der Waals surface area contributed by atoms with E-state index in [1.165, 1.54) is 0 Å². The number of halogens is 6. The first-order valence-electron chi connectivity index (χ1n) is 5.82. The quantitative estimate of drug-likeness (QED) is 0.652. The monoisotopic (exact) mass is 346 g/mol. The lowest BCUT2D eigenvalue weighted by atomic mass is 9.90. The standard InChI is InChI=1S/C12H8F6O3S/c13-11(14,15)9-7(10(19)20)4-5-3-6(22-12(16,17)18)1-2-8(5)21-9/h1-3,7,9H,4H2,(H,19,20)/t7-,9+/m1/s1. The predicted molar refractivity (Wildman–Crippen MR) is 63.7 cm³/mol. The summed E-state index contributed by atoms with van der Waals surface area (Å²) >= 11 is -0.436. The highest BCUT2D eigenvalue weighted by Crippen LogP contribution is 2.42. The summed E-state index contributed by atoms with van der Waals surface area (Å²) in [5, 5.41) is 8.89. The number of aliphatic carboxylic acids is 1. The molecule has 0 aliphatic carbocycles. The van der Waals surface area contributed by atoms with Gasteiger partial charge >= 0.3 is 17.7 Å². The number of thioether (sulfide) groups is 1. The largest absolute Gasteiger partial charge is 0.481 e. The zero-order valence-electron chi connectivity index (χ0n) is 10.5. The number of carboxylic acids is 1. The molecule has 1 N–H and O–H groups in total. The van der Waals surface area contributed by atoms with Crippen LogP contribution in [0.3, 0.4) is 0 Å². The zero-order valence-corrected chi connectivity index (χ0v) is 11.4. The summed E-state index contributed by atoms with van der Waals surface area (Å²) in [5.74, 6) is -3.88. The van der Waals surface area contributed by atoms with Crippen molar-refractivity contribution in [2.45, 2.75) is 29.1 Å². The fraction of sp³-hybridized carbons (Fsp3) is 0.417. The van der Waals surface area contributed by atoms with E-state index >= 15 is 0 Å². The second-order valence-corrected chi connectivity index (χ2v) is 5.68. The van der Waals surface area contributed by atoms with Gasteiger partial charge in [-0.3, -0.25) is 4.79 Å². The highest BCUT2D eigenvalue weighted by molar-refractivity contribution is 8.00. The average Bonchev–Trinajstić information content (AvgIpc) is 2.33. The summed E-state index contributed by atoms with van der Waals surface area (Å²) in [7, 11) is 0. The van der Waals surface area contributed by atoms with Crippen molar-refractivity contribution < 1.29 is 41.0 Å². The summed E-state index contributed by atoms with van der Waals surface area (Å²) < 4.78 is 79.9. The van der Waals surface area contributed by atoms with E-state index in [1.807, 2.05) is 0 Å². The Morgan fingerprint density at radius 1 is 1.23 bits per heavy atom. The molecule has 1 aromatic carbocycles. The highest BCUT2D eigenvalue weighted by atomic mass is 32.2. The molecule has 122 valence electrons. The number of carboxylic acid groups (broad SMARTS) is 1. The first kappa shape index (κ1) is 16.8. The van der Waals surface area contributed by atoms with Crippen LogP contribution in [0.4, 0.5) is 26.3 Å². The number of rotatable bonds is 2. The molecule has 0 saturated carbocycles. The van der Waals surface area contributed by atoms with E-state index < -0.39 is 47.9 Å². The molecule has 1 heterocycles. The van der Waals surface area contributed by atoms with Gasteiger partial charge in [-0.15, -0.1) is 0 Å². The van der Waals surface area contributed by atoms with Crippen molar-refractivity contribution in [2.75, 3.05) is 0 Å². The molecule has 0 bridgehead atoms. The highest BCUT2D eigenvalue weighted by Gasteiger charge is 2.52. The van der Waals surface area contributed by atoms with Crippen molar-refractivity contribution in [1.82, 2.24) is 0 Å². The summed E-state index contributed by atoms with van der Waals surface area (Å²) in [5.41, 5.74) is -4.55. The Hall–Kier alpha value is -1.58. The van der Waals surface area contributed by atoms with Gasteiger partial charge in [0.15, 0.2) is 0 Å². The molecule has 0 saturated heterocycles. The maximum atomic E-state index is 12.8. The molecule has 10 heteroatoms. The molecule has 0 amide bonds. The van der Waals surface area contributed by atoms with Gasteiger partial charge in [0.05, 0.1) is 0 Å². The van der Waals surface area contributed by atoms with E-state index in [2.05, 4.69) is 4.74 Å². The Kier molecular flexibility index (Phi) is 4.24. The molecule has 0 radical (unpaired) electrons. The van der Waals surface area contributed by atoms with Gasteiger partial charge in [-0.2, -0.15) is 26.3 Å². The van der Waals surface area contributed by atoms with Crippen LogP contribution in [0.25, 0.3) is 0 Å². The second kappa shape index (κ2) is 5.56. The number of hydrogen-bond acceptors (Lipinski definition) is 3. The number of hydrogen-bond donors (Lipinski definition) is 1. The second-order valence-electron chi connectivity index (χ2n) is 4.55. The molecule has 0 fully saturated rings. The van der Waals surface area contributed by atoms with E-state index in [9.17, 15) is 31.1 Å². The molecule has 1 aliphatic rings. The molecule has 2 rings (SSSR count). The number of benzene rings is 1. The summed E-state index contributed by atoms with van der Waals surface area (Å²) in [6.45, 7) is 0. The van der Waals surface area contributed by atoms with Crippen molar-refractivity contribution in [3.8, 4) is 5.75 Å². The van der Waals surface area contributed by atoms with E-state index in [0.29, 0.717) is 0 Å². The smallest absolute Gasteiger partial charge is 0.446 e. The third-order valence-corrected chi connectivity index (χ3v) is 3.69. The van der Waals surface area contributed by atoms with Crippen LogP contribution < -0.4 is 4.74 Å². The van der Waals surface area contributed by atoms with Crippen LogP contribution in [-0.2, 0) is 11.2 Å². The van der Waals surface area contributed by atoms with Crippen molar-refractivity contribution in [2.24, 2.45) is 5.92 Å². The number of fused-ring (bicyclic) bond motifs is 1. The van der Waals surface area contributed by atoms with Crippen molar-refractivity contribution in [3.05, 3.63) is 23.8 Å². The summed E-state index contributed by atoms with van der Waals surface area (Å²) in [6, 6.07) is 2.96. The first-order valence-corrected chi connectivity index (χ1v) is 6.64. The maximum Gasteiger partial charge on any atom is 0.446 e. The SMILES string of the molecule is O=C(O)[C@@H]1Cc2cc(SC(F)(F)F)ccc2O[C@@H]1C(F)(F)F. The van der Waals surface area contributed by atoms with Crippen LogP contribution in [0.5, 0.6) is 5.75 Å². The Labute approximate surface area is 124 Å². The van der Waals surface area contributed by atoms with Gasteiger partial charge in [0, 0.05) is 4.90 Å². The van der Waals surface area contributed by atoms with E-state index in [1.54, 1.807) is 0 Å². The molecular formula is C12H8F6O3S. The van der Waals surface area contributed by atoms with Crippen molar-refractivity contribution >= 4 is 17.7 Å². The normalized spacial score (nSPS) is 21.9. The minimum Gasteiger partial charge on any atom is -0.481 e. The summed E-state index contributed by atoms with van der Waals surface area (Å²) in [4.78, 5) is 10.7. The number of alkyl halides is 6. The minimum atomic E-state index is -4.89. The fourth-order valence-corrected chi connectivity index (χ4v) is 2.71. The van der Waals surface area contributed by atoms with E-state index in [4.69, 9.17) is 5.11 Å². The summed E-state index contributed by atoms with van der Waals surface area (Å²) in [6.07, 6.45) is -7.97. The van der Waals surface area contributed by atoms with Gasteiger partial charge in [0.1, 0.15) is 11.7 Å². The average molecular weight is 346 g/mol. The molecule has 2 atom stereocenters. The van der Waals surface area contributed by atoms with Crippen LogP contribution in [0, 0.1) is 5.92 Å². The van der Waals surface area contributed by atoms with E-state index in [0.717, 1.165) is 18.2 Å². The molecule has 0 unspecified atom stereocenters. The molecule has 1 aliphatic heterocycles. The van der Waals surface area contributed by atoms with E-state index in [-0.39, 0.29) is 16.2 Å². The minimum absolute atomic E-state index is 0.00199. The lowest BCUT2D eigenvalue weighted by molar-refractivity contribution is -0.217. The lowest BCUT2D eigenvalue weighted by Crippen LogP contribution is -2.47. The zero-order chi connectivity index (χ0) is 16.7. The molecule has 0 aromatic heterocycles. The van der Waals surface area contributed by atoms with Gasteiger partial charge in [-0.05, 0) is 41.9 Å². The number of ether oxygens (including phenoxy) is 1. The Bertz CT molecular complexity index is 583. The maximum absolute atomic E-state index is 12.8. The van der Waals surface area contributed by atoms with Crippen LogP contribution in [-0.4, -0.2) is 28.9 Å². The van der Waals surface area contributed by atoms with Crippen LogP contribution in [0.2, 0.25) is 0 Å². The molecule has 3 nitrogen and oxygen atoms in total. The third kappa shape index (κ3) is 3.79. The van der Waals surface area contributed by atoms with Crippen LogP contribution in [0.15, 0.2) is 23.1 Å².